The number of nitrogens with one attached hydrogen (secondary N) is 1. The van der Waals surface area contributed by atoms with E-state index in [9.17, 15) is 4.39 Å². The van der Waals surface area contributed by atoms with Crippen LogP contribution in [0.15, 0.2) is 18.5 Å². The van der Waals surface area contributed by atoms with Crippen LogP contribution in [0.3, 0.4) is 0 Å². The summed E-state index contributed by atoms with van der Waals surface area (Å²) in [7, 11) is 0. The van der Waals surface area contributed by atoms with Crippen LogP contribution in [-0.2, 0) is 4.74 Å². The Hall–Kier alpha value is -1.00. The molecule has 2 atom stereocenters. The second-order valence-corrected chi connectivity index (χ2v) is 4.83. The third kappa shape index (κ3) is 4.70. The number of hydrogen-bond acceptors (Lipinski definition) is 3. The molecule has 0 saturated carbocycles. The van der Waals surface area contributed by atoms with Crippen molar-refractivity contribution in [1.82, 2.24) is 10.3 Å². The van der Waals surface area contributed by atoms with Crippen molar-refractivity contribution in [2.75, 3.05) is 13.2 Å². The maximum Gasteiger partial charge on any atom is 0.141 e. The van der Waals surface area contributed by atoms with E-state index in [1.807, 2.05) is 13.8 Å². The Balaban J connectivity index is 2.63. The van der Waals surface area contributed by atoms with E-state index >= 15 is 0 Å². The molecule has 1 heterocycles. The SMILES string of the molecule is CCOCC(NC(C)c1cncc(F)c1)C(C)C. The second-order valence-electron chi connectivity index (χ2n) is 4.83. The van der Waals surface area contributed by atoms with Gasteiger partial charge in [-0.2, -0.15) is 0 Å². The van der Waals surface area contributed by atoms with Crippen molar-refractivity contribution in [3.8, 4) is 0 Å². The number of halogens is 1. The van der Waals surface area contributed by atoms with Crippen molar-refractivity contribution in [2.45, 2.75) is 39.8 Å². The summed E-state index contributed by atoms with van der Waals surface area (Å²) >= 11 is 0. The molecule has 1 aromatic heterocycles. The molecule has 3 nitrogen and oxygen atoms in total. The molecular weight excluding hydrogens is 231 g/mol. The summed E-state index contributed by atoms with van der Waals surface area (Å²) in [6.07, 6.45) is 2.91. The summed E-state index contributed by atoms with van der Waals surface area (Å²) in [6.45, 7) is 9.66. The van der Waals surface area contributed by atoms with Gasteiger partial charge in [0.2, 0.25) is 0 Å². The van der Waals surface area contributed by atoms with E-state index in [1.54, 1.807) is 6.20 Å². The van der Waals surface area contributed by atoms with Gasteiger partial charge < -0.3 is 10.1 Å². The molecule has 4 heteroatoms. The first-order valence-corrected chi connectivity index (χ1v) is 6.48. The van der Waals surface area contributed by atoms with Gasteiger partial charge in [-0.3, -0.25) is 4.98 Å². The van der Waals surface area contributed by atoms with Crippen LogP contribution >= 0.6 is 0 Å². The van der Waals surface area contributed by atoms with Crippen LogP contribution in [-0.4, -0.2) is 24.2 Å². The fourth-order valence-electron chi connectivity index (χ4n) is 1.76. The Bertz CT molecular complexity index is 357. The van der Waals surface area contributed by atoms with E-state index in [-0.39, 0.29) is 17.9 Å². The molecule has 0 aliphatic rings. The van der Waals surface area contributed by atoms with E-state index < -0.39 is 0 Å². The van der Waals surface area contributed by atoms with Crippen LogP contribution in [0.25, 0.3) is 0 Å². The van der Waals surface area contributed by atoms with Gasteiger partial charge in [-0.05, 0) is 31.4 Å². The molecule has 0 bridgehead atoms. The van der Waals surface area contributed by atoms with E-state index in [4.69, 9.17) is 4.74 Å². The molecule has 102 valence electrons. The van der Waals surface area contributed by atoms with Crippen LogP contribution in [0.5, 0.6) is 0 Å². The first-order valence-electron chi connectivity index (χ1n) is 6.48. The van der Waals surface area contributed by atoms with Crippen LogP contribution in [0.2, 0.25) is 0 Å². The lowest BCUT2D eigenvalue weighted by atomic mass is 10.0. The van der Waals surface area contributed by atoms with Crippen LogP contribution < -0.4 is 5.32 Å². The highest BCUT2D eigenvalue weighted by Gasteiger charge is 2.17. The molecule has 0 aromatic carbocycles. The molecule has 0 fully saturated rings. The fourth-order valence-corrected chi connectivity index (χ4v) is 1.76. The summed E-state index contributed by atoms with van der Waals surface area (Å²) in [5.41, 5.74) is 0.858. The van der Waals surface area contributed by atoms with Crippen molar-refractivity contribution in [3.05, 3.63) is 29.8 Å². The van der Waals surface area contributed by atoms with Gasteiger partial charge in [0, 0.05) is 24.9 Å². The Morgan fingerprint density at radius 1 is 1.33 bits per heavy atom. The molecule has 0 aliphatic carbocycles. The standard InChI is InChI=1S/C14H23FN2O/c1-5-18-9-14(10(2)3)17-11(4)12-6-13(15)8-16-7-12/h6-8,10-11,14,17H,5,9H2,1-4H3. The first-order chi connectivity index (χ1) is 8.54. The number of ether oxygens (including phenoxy) is 1. The zero-order valence-corrected chi connectivity index (χ0v) is 11.6. The maximum atomic E-state index is 13.1. The second kappa shape index (κ2) is 7.44. The Kier molecular flexibility index (Phi) is 6.22. The van der Waals surface area contributed by atoms with Gasteiger partial charge in [-0.15, -0.1) is 0 Å². The van der Waals surface area contributed by atoms with E-state index in [2.05, 4.69) is 24.1 Å². The lowest BCUT2D eigenvalue weighted by Gasteiger charge is -2.26. The number of hydrogen-bond donors (Lipinski definition) is 1. The predicted molar refractivity (Wildman–Crippen MR) is 70.9 cm³/mol. The normalized spacial score (nSPS) is 14.8. The third-order valence-corrected chi connectivity index (χ3v) is 3.00. The molecule has 0 radical (unpaired) electrons. The minimum Gasteiger partial charge on any atom is -0.380 e. The van der Waals surface area contributed by atoms with Crippen molar-refractivity contribution in [1.29, 1.82) is 0 Å². The van der Waals surface area contributed by atoms with Crippen molar-refractivity contribution in [2.24, 2.45) is 5.92 Å². The molecule has 0 spiro atoms. The molecule has 1 N–H and O–H groups in total. The topological polar surface area (TPSA) is 34.1 Å². The Morgan fingerprint density at radius 3 is 2.61 bits per heavy atom. The highest BCUT2D eigenvalue weighted by atomic mass is 19.1. The Morgan fingerprint density at radius 2 is 2.06 bits per heavy atom. The molecular formula is C14H23FN2O. The van der Waals surface area contributed by atoms with Gasteiger partial charge in [0.25, 0.3) is 0 Å². The zero-order chi connectivity index (χ0) is 13.5. The van der Waals surface area contributed by atoms with E-state index in [0.29, 0.717) is 19.1 Å². The molecule has 2 unspecified atom stereocenters. The number of pyridine rings is 1. The van der Waals surface area contributed by atoms with Gasteiger partial charge in [0.1, 0.15) is 5.82 Å². The van der Waals surface area contributed by atoms with Gasteiger partial charge in [0.15, 0.2) is 0 Å². The first kappa shape index (κ1) is 15.1. The molecule has 1 rings (SSSR count). The quantitative estimate of drug-likeness (QED) is 0.812. The number of nitrogens with zero attached hydrogens (tertiary/aromatic N) is 1. The highest BCUT2D eigenvalue weighted by molar-refractivity contribution is 5.14. The van der Waals surface area contributed by atoms with Crippen molar-refractivity contribution in [3.63, 3.8) is 0 Å². The molecule has 0 aliphatic heterocycles. The molecule has 18 heavy (non-hydrogen) atoms. The van der Waals surface area contributed by atoms with Gasteiger partial charge >= 0.3 is 0 Å². The molecule has 0 amide bonds. The largest absolute Gasteiger partial charge is 0.380 e. The van der Waals surface area contributed by atoms with Gasteiger partial charge in [-0.1, -0.05) is 13.8 Å². The lowest BCUT2D eigenvalue weighted by Crippen LogP contribution is -2.39. The number of aromatic nitrogens is 1. The fraction of sp³-hybridized carbons (Fsp3) is 0.643. The van der Waals surface area contributed by atoms with Gasteiger partial charge in [-0.25, -0.2) is 4.39 Å². The average molecular weight is 254 g/mol. The molecule has 1 aromatic rings. The predicted octanol–water partition coefficient (Wildman–Crippen LogP) is 2.93. The zero-order valence-electron chi connectivity index (χ0n) is 11.6. The van der Waals surface area contributed by atoms with Crippen LogP contribution in [0.4, 0.5) is 4.39 Å². The summed E-state index contributed by atoms with van der Waals surface area (Å²) in [5, 5.41) is 3.46. The summed E-state index contributed by atoms with van der Waals surface area (Å²) in [4.78, 5) is 3.87. The lowest BCUT2D eigenvalue weighted by molar-refractivity contribution is 0.104. The van der Waals surface area contributed by atoms with Crippen LogP contribution in [0.1, 0.15) is 39.3 Å². The summed E-state index contributed by atoms with van der Waals surface area (Å²) < 4.78 is 18.6. The highest BCUT2D eigenvalue weighted by Crippen LogP contribution is 2.15. The van der Waals surface area contributed by atoms with E-state index in [1.165, 1.54) is 12.3 Å². The summed E-state index contributed by atoms with van der Waals surface area (Å²) in [5.74, 6) is 0.160. The van der Waals surface area contributed by atoms with Crippen molar-refractivity contribution >= 4 is 0 Å². The van der Waals surface area contributed by atoms with E-state index in [0.717, 1.165) is 5.56 Å². The molecule has 0 saturated heterocycles. The summed E-state index contributed by atoms with van der Waals surface area (Å²) in [6, 6.07) is 1.83. The monoisotopic (exact) mass is 254 g/mol. The minimum absolute atomic E-state index is 0.0565. The maximum absolute atomic E-state index is 13.1. The smallest absolute Gasteiger partial charge is 0.141 e. The van der Waals surface area contributed by atoms with Crippen LogP contribution in [0, 0.1) is 11.7 Å². The minimum atomic E-state index is -0.299. The van der Waals surface area contributed by atoms with Crippen molar-refractivity contribution < 1.29 is 9.13 Å². The Labute approximate surface area is 109 Å². The third-order valence-electron chi connectivity index (χ3n) is 3.00. The van der Waals surface area contributed by atoms with Gasteiger partial charge in [0.05, 0.1) is 12.8 Å². The average Bonchev–Trinajstić information content (AvgIpc) is 2.33. The number of rotatable bonds is 7.